The summed E-state index contributed by atoms with van der Waals surface area (Å²) in [5.74, 6) is -0.711. The Morgan fingerprint density at radius 3 is 2.33 bits per heavy atom. The standard InChI is InChI=1S/C6H5ClF2N2O3S/c7-15(13,14)3-1-2(12)4(5(8)9)6(10)11-3/h1,5H,(H3,10,11,12). The molecule has 0 amide bonds. The predicted molar refractivity (Wildman–Crippen MR) is 49.5 cm³/mol. The van der Waals surface area contributed by atoms with Gasteiger partial charge in [0.25, 0.3) is 15.5 Å². The molecular formula is C6H5ClF2N2O3S. The topological polar surface area (TPSA) is 93.0 Å². The van der Waals surface area contributed by atoms with Gasteiger partial charge in [-0.05, 0) is 0 Å². The fourth-order valence-electron chi connectivity index (χ4n) is 0.922. The first kappa shape index (κ1) is 11.9. The highest BCUT2D eigenvalue weighted by Crippen LogP contribution is 2.21. The number of hydrogen-bond donors (Lipinski definition) is 2. The van der Waals surface area contributed by atoms with Crippen LogP contribution in [0.25, 0.3) is 0 Å². The van der Waals surface area contributed by atoms with Gasteiger partial charge in [0.2, 0.25) is 0 Å². The lowest BCUT2D eigenvalue weighted by Crippen LogP contribution is -2.16. The van der Waals surface area contributed by atoms with Crippen LogP contribution in [0.15, 0.2) is 15.9 Å². The Balaban J connectivity index is 3.53. The van der Waals surface area contributed by atoms with Crippen molar-refractivity contribution in [1.82, 2.24) is 4.98 Å². The predicted octanol–water partition coefficient (Wildman–Crippen LogP) is 0.822. The van der Waals surface area contributed by atoms with Gasteiger partial charge in [0.15, 0.2) is 10.5 Å². The minimum atomic E-state index is -4.20. The van der Waals surface area contributed by atoms with Crippen molar-refractivity contribution >= 4 is 25.6 Å². The number of hydrogen-bond acceptors (Lipinski definition) is 4. The number of nitrogens with two attached hydrogens (primary N) is 1. The maximum absolute atomic E-state index is 12.2. The zero-order valence-electron chi connectivity index (χ0n) is 7.00. The molecule has 0 radical (unpaired) electrons. The van der Waals surface area contributed by atoms with E-state index < -0.39 is 37.3 Å². The van der Waals surface area contributed by atoms with Crippen LogP contribution < -0.4 is 11.2 Å². The molecule has 0 bridgehead atoms. The SMILES string of the molecule is Nc1[nH]c(S(=O)(=O)Cl)cc(=O)c1C(F)F. The Labute approximate surface area is 87.3 Å². The van der Waals surface area contributed by atoms with Crippen molar-refractivity contribution in [2.75, 3.05) is 5.73 Å². The van der Waals surface area contributed by atoms with Gasteiger partial charge < -0.3 is 10.7 Å². The highest BCUT2D eigenvalue weighted by Gasteiger charge is 2.20. The molecule has 0 atom stereocenters. The van der Waals surface area contributed by atoms with E-state index in [0.29, 0.717) is 6.07 Å². The molecule has 0 aliphatic rings. The molecule has 0 saturated heterocycles. The van der Waals surface area contributed by atoms with E-state index in [2.05, 4.69) is 0 Å². The van der Waals surface area contributed by atoms with Gasteiger partial charge in [-0.15, -0.1) is 0 Å². The minimum absolute atomic E-state index is 0.459. The summed E-state index contributed by atoms with van der Waals surface area (Å²) >= 11 is 0. The minimum Gasteiger partial charge on any atom is -0.385 e. The van der Waals surface area contributed by atoms with Gasteiger partial charge in [-0.1, -0.05) is 0 Å². The van der Waals surface area contributed by atoms with Crippen LogP contribution in [0.5, 0.6) is 0 Å². The van der Waals surface area contributed by atoms with Crippen molar-refractivity contribution in [3.8, 4) is 0 Å². The summed E-state index contributed by atoms with van der Waals surface area (Å²) in [6.45, 7) is 0. The quantitative estimate of drug-likeness (QED) is 0.768. The number of aromatic nitrogens is 1. The van der Waals surface area contributed by atoms with E-state index in [1.807, 2.05) is 4.98 Å². The second-order valence-corrected chi connectivity index (χ2v) is 5.10. The fourth-order valence-corrected chi connectivity index (χ4v) is 1.65. The van der Waals surface area contributed by atoms with Crippen molar-refractivity contribution in [3.05, 3.63) is 21.9 Å². The Morgan fingerprint density at radius 1 is 1.47 bits per heavy atom. The van der Waals surface area contributed by atoms with Crippen molar-refractivity contribution in [1.29, 1.82) is 0 Å². The van der Waals surface area contributed by atoms with E-state index in [1.54, 1.807) is 0 Å². The normalized spacial score (nSPS) is 12.0. The molecule has 0 aliphatic heterocycles. The molecule has 1 aromatic rings. The van der Waals surface area contributed by atoms with Crippen molar-refractivity contribution in [2.45, 2.75) is 11.5 Å². The summed E-state index contributed by atoms with van der Waals surface area (Å²) in [6.07, 6.45) is -3.08. The molecule has 5 nitrogen and oxygen atoms in total. The van der Waals surface area contributed by atoms with Crippen molar-refractivity contribution < 1.29 is 17.2 Å². The first-order valence-corrected chi connectivity index (χ1v) is 5.80. The molecule has 84 valence electrons. The third-order valence-electron chi connectivity index (χ3n) is 1.56. The van der Waals surface area contributed by atoms with E-state index >= 15 is 0 Å². The number of nitrogen functional groups attached to an aromatic ring is 1. The van der Waals surface area contributed by atoms with Gasteiger partial charge in [0.05, 0.1) is 0 Å². The number of anilines is 1. The zero-order valence-corrected chi connectivity index (χ0v) is 8.57. The van der Waals surface area contributed by atoms with Crippen LogP contribution in [-0.2, 0) is 9.05 Å². The maximum atomic E-state index is 12.2. The number of alkyl halides is 2. The van der Waals surface area contributed by atoms with E-state index in [1.165, 1.54) is 0 Å². The smallest absolute Gasteiger partial charge is 0.276 e. The van der Waals surface area contributed by atoms with Crippen molar-refractivity contribution in [2.24, 2.45) is 0 Å². The number of H-pyrrole nitrogens is 1. The lowest BCUT2D eigenvalue weighted by atomic mass is 10.2. The summed E-state index contributed by atoms with van der Waals surface area (Å²) in [5.41, 5.74) is 2.91. The van der Waals surface area contributed by atoms with E-state index in [9.17, 15) is 22.0 Å². The number of aromatic amines is 1. The molecule has 15 heavy (non-hydrogen) atoms. The van der Waals surface area contributed by atoms with Crippen LogP contribution >= 0.6 is 10.7 Å². The first-order chi connectivity index (χ1) is 6.73. The molecule has 1 heterocycles. The molecule has 0 aliphatic carbocycles. The number of nitrogens with one attached hydrogen (secondary N) is 1. The maximum Gasteiger partial charge on any atom is 0.276 e. The fraction of sp³-hybridized carbons (Fsp3) is 0.167. The molecule has 0 spiro atoms. The second-order valence-electron chi connectivity index (χ2n) is 2.56. The number of rotatable bonds is 2. The molecule has 3 N–H and O–H groups in total. The van der Waals surface area contributed by atoms with E-state index in [0.717, 1.165) is 0 Å². The largest absolute Gasteiger partial charge is 0.385 e. The summed E-state index contributed by atoms with van der Waals surface area (Å²) < 4.78 is 46.0. The molecule has 1 aromatic heterocycles. The van der Waals surface area contributed by atoms with Crippen LogP contribution in [0.2, 0.25) is 0 Å². The third-order valence-corrected chi connectivity index (χ3v) is 2.80. The second kappa shape index (κ2) is 3.78. The Hall–Kier alpha value is -1.15. The van der Waals surface area contributed by atoms with Crippen LogP contribution in [0.3, 0.4) is 0 Å². The third kappa shape index (κ3) is 2.45. The number of halogens is 3. The van der Waals surface area contributed by atoms with Crippen LogP contribution in [-0.4, -0.2) is 13.4 Å². The summed E-state index contributed by atoms with van der Waals surface area (Å²) in [4.78, 5) is 13.0. The van der Waals surface area contributed by atoms with Gasteiger partial charge in [0, 0.05) is 16.7 Å². The van der Waals surface area contributed by atoms with Gasteiger partial charge in [-0.2, -0.15) is 0 Å². The zero-order chi connectivity index (χ0) is 11.8. The summed E-state index contributed by atoms with van der Waals surface area (Å²) in [7, 11) is 0.695. The highest BCUT2D eigenvalue weighted by molar-refractivity contribution is 8.13. The monoisotopic (exact) mass is 258 g/mol. The molecule has 1 rings (SSSR count). The van der Waals surface area contributed by atoms with Crippen LogP contribution in [0.1, 0.15) is 12.0 Å². The van der Waals surface area contributed by atoms with Crippen LogP contribution in [0.4, 0.5) is 14.6 Å². The summed E-state index contributed by atoms with van der Waals surface area (Å²) in [5, 5.41) is -0.712. The lowest BCUT2D eigenvalue weighted by molar-refractivity contribution is 0.150. The molecule has 0 aromatic carbocycles. The Kier molecular flexibility index (Phi) is 3.00. The first-order valence-electron chi connectivity index (χ1n) is 3.49. The average Bonchev–Trinajstić information content (AvgIpc) is 1.99. The number of pyridine rings is 1. The Morgan fingerprint density at radius 2 is 2.00 bits per heavy atom. The van der Waals surface area contributed by atoms with Gasteiger partial charge >= 0.3 is 0 Å². The molecular weight excluding hydrogens is 254 g/mol. The average molecular weight is 259 g/mol. The van der Waals surface area contributed by atoms with Gasteiger partial charge in [0.1, 0.15) is 11.4 Å². The molecule has 0 fully saturated rings. The molecule has 0 saturated carbocycles. The van der Waals surface area contributed by atoms with E-state index in [-0.39, 0.29) is 0 Å². The van der Waals surface area contributed by atoms with Crippen LogP contribution in [0, 0.1) is 0 Å². The molecule has 0 unspecified atom stereocenters. The summed E-state index contributed by atoms with van der Waals surface area (Å²) in [6, 6.07) is 0.459. The van der Waals surface area contributed by atoms with Gasteiger partial charge in [-0.25, -0.2) is 17.2 Å². The van der Waals surface area contributed by atoms with Gasteiger partial charge in [-0.3, -0.25) is 4.79 Å². The lowest BCUT2D eigenvalue weighted by Gasteiger charge is -2.04. The van der Waals surface area contributed by atoms with E-state index in [4.69, 9.17) is 16.4 Å². The van der Waals surface area contributed by atoms with Crippen molar-refractivity contribution in [3.63, 3.8) is 0 Å². The highest BCUT2D eigenvalue weighted by atomic mass is 35.7. The molecule has 9 heteroatoms. The Bertz CT molecular complexity index is 540.